The molecule has 1 amide bonds. The third kappa shape index (κ3) is 4.50. The van der Waals surface area contributed by atoms with Gasteiger partial charge in [0, 0.05) is 0 Å². The fourth-order valence-electron chi connectivity index (χ4n) is 1.94. The van der Waals surface area contributed by atoms with Crippen LogP contribution in [0, 0.1) is 0 Å². The van der Waals surface area contributed by atoms with E-state index in [0.29, 0.717) is 15.3 Å². The number of aromatic nitrogens is 1. The number of carbonyl (C=O) groups is 1. The molecule has 6 nitrogen and oxygen atoms in total. The molecule has 1 unspecified atom stereocenters. The van der Waals surface area contributed by atoms with Crippen LogP contribution in [0.4, 0.5) is 5.13 Å². The molecule has 0 aliphatic rings. The van der Waals surface area contributed by atoms with Crippen LogP contribution in [0.5, 0.6) is 0 Å². The van der Waals surface area contributed by atoms with Crippen LogP contribution in [0.15, 0.2) is 23.1 Å². The Hall–Kier alpha value is -1.03. The number of benzene rings is 1. The van der Waals surface area contributed by atoms with Crippen LogP contribution < -0.4 is 10.0 Å². The molecule has 1 aromatic carbocycles. The number of halogens is 1. The average molecular weight is 420 g/mol. The van der Waals surface area contributed by atoms with E-state index in [4.69, 9.17) is 0 Å². The molecule has 0 aliphatic carbocycles. The maximum absolute atomic E-state index is 12.1. The van der Waals surface area contributed by atoms with Crippen molar-refractivity contribution in [2.75, 3.05) is 12.4 Å². The Morgan fingerprint density at radius 3 is 2.83 bits per heavy atom. The Bertz CT molecular complexity index is 805. The summed E-state index contributed by atoms with van der Waals surface area (Å²) in [6, 6.07) is 4.68. The standard InChI is InChI=1S/C14H18BrN3O3S2/c1-3-4-5-10(15)13(19)18-14-17-11-7-6-9(8-12(11)22-14)23(20,21)16-2/h6-8,10,16H,3-5H2,1-2H3,(H,17,18,19). The van der Waals surface area contributed by atoms with Crippen LogP contribution in [0.25, 0.3) is 10.2 Å². The van der Waals surface area contributed by atoms with Gasteiger partial charge >= 0.3 is 0 Å². The van der Waals surface area contributed by atoms with Crippen LogP contribution in [0.2, 0.25) is 0 Å². The number of hydrogen-bond donors (Lipinski definition) is 2. The lowest BCUT2D eigenvalue weighted by Gasteiger charge is -2.07. The number of anilines is 1. The molecule has 0 aliphatic heterocycles. The minimum Gasteiger partial charge on any atom is -0.301 e. The number of fused-ring (bicyclic) bond motifs is 1. The molecule has 0 bridgehead atoms. The zero-order valence-electron chi connectivity index (χ0n) is 12.8. The quantitative estimate of drug-likeness (QED) is 0.674. The van der Waals surface area contributed by atoms with E-state index in [1.54, 1.807) is 12.1 Å². The number of amides is 1. The summed E-state index contributed by atoms with van der Waals surface area (Å²) in [6.07, 6.45) is 2.76. The molecule has 2 N–H and O–H groups in total. The third-order valence-electron chi connectivity index (χ3n) is 3.26. The van der Waals surface area contributed by atoms with Crippen molar-refractivity contribution >= 4 is 58.5 Å². The lowest BCUT2D eigenvalue weighted by molar-refractivity contribution is -0.115. The van der Waals surface area contributed by atoms with E-state index in [9.17, 15) is 13.2 Å². The van der Waals surface area contributed by atoms with Crippen LogP contribution >= 0.6 is 27.3 Å². The van der Waals surface area contributed by atoms with Crippen LogP contribution in [-0.2, 0) is 14.8 Å². The molecule has 2 rings (SSSR count). The third-order valence-corrected chi connectivity index (χ3v) is 6.48. The highest BCUT2D eigenvalue weighted by Crippen LogP contribution is 2.28. The summed E-state index contributed by atoms with van der Waals surface area (Å²) in [6.45, 7) is 2.07. The molecule has 0 saturated heterocycles. The van der Waals surface area contributed by atoms with E-state index in [1.165, 1.54) is 24.5 Å². The fourth-order valence-corrected chi connectivity index (χ4v) is 4.12. The number of sulfonamides is 1. The number of nitrogens with zero attached hydrogens (tertiary/aromatic N) is 1. The highest BCUT2D eigenvalue weighted by Gasteiger charge is 2.17. The summed E-state index contributed by atoms with van der Waals surface area (Å²) < 4.78 is 26.6. The van der Waals surface area contributed by atoms with Crippen molar-refractivity contribution < 1.29 is 13.2 Å². The van der Waals surface area contributed by atoms with Crippen LogP contribution in [0.3, 0.4) is 0 Å². The van der Waals surface area contributed by atoms with Gasteiger partial charge < -0.3 is 5.32 Å². The molecule has 1 heterocycles. The van der Waals surface area contributed by atoms with Gasteiger partial charge in [-0.3, -0.25) is 4.79 Å². The monoisotopic (exact) mass is 419 g/mol. The Balaban J connectivity index is 2.19. The Kier molecular flexibility index (Phi) is 6.12. The molecule has 9 heteroatoms. The number of unbranched alkanes of at least 4 members (excludes halogenated alkanes) is 1. The zero-order valence-corrected chi connectivity index (χ0v) is 16.0. The summed E-state index contributed by atoms with van der Waals surface area (Å²) in [5, 5.41) is 3.23. The Labute approximate surface area is 147 Å². The number of rotatable bonds is 7. The largest absolute Gasteiger partial charge is 0.301 e. The maximum Gasteiger partial charge on any atom is 0.240 e. The van der Waals surface area contributed by atoms with Crippen molar-refractivity contribution in [3.8, 4) is 0 Å². The number of hydrogen-bond acceptors (Lipinski definition) is 5. The molecule has 2 aromatic rings. The molecule has 0 spiro atoms. The second-order valence-corrected chi connectivity index (χ2v) is 8.98. The van der Waals surface area contributed by atoms with Gasteiger partial charge in [-0.25, -0.2) is 18.1 Å². The maximum atomic E-state index is 12.1. The SMILES string of the molecule is CCCCC(Br)C(=O)Nc1nc2ccc(S(=O)(=O)NC)cc2s1. The first-order valence-electron chi connectivity index (χ1n) is 7.16. The smallest absolute Gasteiger partial charge is 0.240 e. The second kappa shape index (κ2) is 7.69. The van der Waals surface area contributed by atoms with Crippen molar-refractivity contribution in [3.63, 3.8) is 0 Å². The average Bonchev–Trinajstić information content (AvgIpc) is 2.93. The van der Waals surface area contributed by atoms with Gasteiger partial charge in [-0.2, -0.15) is 0 Å². The van der Waals surface area contributed by atoms with Crippen LogP contribution in [0.1, 0.15) is 26.2 Å². The summed E-state index contributed by atoms with van der Waals surface area (Å²) in [4.78, 5) is 16.3. The first kappa shape index (κ1) is 18.3. The molecule has 0 radical (unpaired) electrons. The van der Waals surface area contributed by atoms with Gasteiger partial charge in [0.25, 0.3) is 0 Å². The second-order valence-electron chi connectivity index (χ2n) is 4.96. The van der Waals surface area contributed by atoms with Gasteiger partial charge in [-0.05, 0) is 31.7 Å². The highest BCUT2D eigenvalue weighted by molar-refractivity contribution is 9.10. The summed E-state index contributed by atoms with van der Waals surface area (Å²) >= 11 is 4.62. The highest BCUT2D eigenvalue weighted by atomic mass is 79.9. The van der Waals surface area contributed by atoms with Gasteiger partial charge in [-0.15, -0.1) is 0 Å². The van der Waals surface area contributed by atoms with Gasteiger partial charge in [0.05, 0.1) is 19.9 Å². The van der Waals surface area contributed by atoms with Gasteiger partial charge in [0.2, 0.25) is 15.9 Å². The molecule has 0 fully saturated rings. The predicted octanol–water partition coefficient (Wildman–Crippen LogP) is 3.10. The molecule has 0 saturated carbocycles. The number of carbonyl (C=O) groups excluding carboxylic acids is 1. The van der Waals surface area contributed by atoms with Crippen molar-refractivity contribution in [1.29, 1.82) is 0 Å². The minimum atomic E-state index is -3.49. The van der Waals surface area contributed by atoms with E-state index in [1.807, 2.05) is 0 Å². The predicted molar refractivity (Wildman–Crippen MR) is 96.7 cm³/mol. The van der Waals surface area contributed by atoms with Gasteiger partial charge in [0.1, 0.15) is 0 Å². The van der Waals surface area contributed by atoms with E-state index >= 15 is 0 Å². The lowest BCUT2D eigenvalue weighted by Crippen LogP contribution is -2.22. The molecule has 126 valence electrons. The van der Waals surface area contributed by atoms with Crippen molar-refractivity contribution in [3.05, 3.63) is 18.2 Å². The number of thiazole rings is 1. The Morgan fingerprint density at radius 1 is 1.43 bits per heavy atom. The summed E-state index contributed by atoms with van der Waals surface area (Å²) in [5.74, 6) is -0.138. The molecule has 23 heavy (non-hydrogen) atoms. The topological polar surface area (TPSA) is 88.2 Å². The van der Waals surface area contributed by atoms with E-state index in [0.717, 1.165) is 19.3 Å². The van der Waals surface area contributed by atoms with Crippen molar-refractivity contribution in [2.45, 2.75) is 35.9 Å². The number of nitrogens with one attached hydrogen (secondary N) is 2. The molecular formula is C14H18BrN3O3S2. The van der Waals surface area contributed by atoms with Crippen LogP contribution in [-0.4, -0.2) is 31.2 Å². The molecule has 1 aromatic heterocycles. The summed E-state index contributed by atoms with van der Waals surface area (Å²) in [5.41, 5.74) is 0.653. The normalized spacial score (nSPS) is 13.2. The minimum absolute atomic E-state index is 0.138. The first-order chi connectivity index (χ1) is 10.9. The lowest BCUT2D eigenvalue weighted by atomic mass is 10.2. The summed E-state index contributed by atoms with van der Waals surface area (Å²) in [7, 11) is -2.13. The zero-order chi connectivity index (χ0) is 17.0. The number of alkyl halides is 1. The van der Waals surface area contributed by atoms with E-state index in [2.05, 4.69) is 37.9 Å². The Morgan fingerprint density at radius 2 is 2.17 bits per heavy atom. The molecule has 1 atom stereocenters. The van der Waals surface area contributed by atoms with Gasteiger partial charge in [0.15, 0.2) is 5.13 Å². The van der Waals surface area contributed by atoms with E-state index in [-0.39, 0.29) is 15.6 Å². The first-order valence-corrected chi connectivity index (χ1v) is 10.4. The van der Waals surface area contributed by atoms with Crippen molar-refractivity contribution in [2.24, 2.45) is 0 Å². The van der Waals surface area contributed by atoms with E-state index < -0.39 is 10.0 Å². The fraction of sp³-hybridized carbons (Fsp3) is 0.429. The van der Waals surface area contributed by atoms with Crippen molar-refractivity contribution in [1.82, 2.24) is 9.71 Å². The molecular weight excluding hydrogens is 402 g/mol. The van der Waals surface area contributed by atoms with Gasteiger partial charge in [-0.1, -0.05) is 47.0 Å².